The molecular weight excluding hydrogens is 384 g/mol. The molecule has 12 nitrogen and oxygen atoms in total. The summed E-state index contributed by atoms with van der Waals surface area (Å²) < 4.78 is 0. The third-order valence-electron chi connectivity index (χ3n) is 3.57. The Morgan fingerprint density at radius 3 is 1.17 bits per heavy atom. The van der Waals surface area contributed by atoms with Crippen molar-refractivity contribution >= 4 is 23.3 Å². The van der Waals surface area contributed by atoms with Crippen molar-refractivity contribution in [2.24, 2.45) is 43.3 Å². The fourth-order valence-corrected chi connectivity index (χ4v) is 2.05. The van der Waals surface area contributed by atoms with E-state index in [0.29, 0.717) is 11.4 Å². The average Bonchev–Trinajstić information content (AvgIpc) is 2.81. The van der Waals surface area contributed by atoms with E-state index in [2.05, 4.69) is 40.6 Å². The molecule has 0 aliphatic rings. The first-order chi connectivity index (χ1) is 14.5. The van der Waals surface area contributed by atoms with Crippen LogP contribution in [0, 0.1) is 0 Å². The van der Waals surface area contributed by atoms with Crippen molar-refractivity contribution in [2.75, 3.05) is 0 Å². The van der Waals surface area contributed by atoms with Crippen LogP contribution in [-0.2, 0) is 0 Å². The molecule has 0 saturated carbocycles. The zero-order chi connectivity index (χ0) is 21.3. The van der Waals surface area contributed by atoms with Gasteiger partial charge in [-0.3, -0.25) is 9.97 Å². The Bertz CT molecular complexity index is 1010. The van der Waals surface area contributed by atoms with E-state index in [0.717, 1.165) is 0 Å². The maximum Gasteiger partial charge on any atom is 0.173 e. The number of hydrogen-bond acceptors (Lipinski definition) is 8. The highest BCUT2D eigenvalue weighted by molar-refractivity contribution is 6.00. The highest BCUT2D eigenvalue weighted by atomic mass is 15.3. The van der Waals surface area contributed by atoms with E-state index in [-0.39, 0.29) is 34.7 Å². The number of hydrogen-bond donors (Lipinski definition) is 4. The van der Waals surface area contributed by atoms with Crippen molar-refractivity contribution in [1.82, 2.24) is 20.2 Å². The minimum absolute atomic E-state index is 0.0147. The van der Waals surface area contributed by atoms with E-state index in [4.69, 9.17) is 22.9 Å². The van der Waals surface area contributed by atoms with E-state index in [9.17, 15) is 0 Å². The van der Waals surface area contributed by atoms with Crippen LogP contribution in [0.25, 0.3) is 0 Å². The van der Waals surface area contributed by atoms with E-state index < -0.39 is 0 Å². The van der Waals surface area contributed by atoms with Crippen molar-refractivity contribution in [3.8, 4) is 0 Å². The normalized spacial score (nSPS) is 13.3. The molecule has 3 heterocycles. The van der Waals surface area contributed by atoms with Crippen molar-refractivity contribution in [2.45, 2.75) is 0 Å². The number of amidine groups is 4. The molecule has 8 N–H and O–H groups in total. The van der Waals surface area contributed by atoms with Crippen LogP contribution in [0.5, 0.6) is 0 Å². The summed E-state index contributed by atoms with van der Waals surface area (Å²) >= 11 is 0. The van der Waals surface area contributed by atoms with Gasteiger partial charge in [-0.15, -0.1) is 30.6 Å². The number of nitrogens with zero attached hydrogens (tertiary/aromatic N) is 8. The maximum absolute atomic E-state index is 5.87. The van der Waals surface area contributed by atoms with E-state index in [1.807, 2.05) is 0 Å². The van der Waals surface area contributed by atoms with Crippen molar-refractivity contribution in [3.05, 3.63) is 83.7 Å². The molecule has 0 saturated heterocycles. The van der Waals surface area contributed by atoms with Gasteiger partial charge < -0.3 is 22.9 Å². The molecule has 0 unspecified atom stereocenters. The smallest absolute Gasteiger partial charge is 0.173 e. The van der Waals surface area contributed by atoms with Crippen LogP contribution >= 0.6 is 0 Å². The zero-order valence-corrected chi connectivity index (χ0v) is 15.7. The summed E-state index contributed by atoms with van der Waals surface area (Å²) in [5.74, 6) is 0.257. The molecule has 0 radical (unpaired) electrons. The molecule has 3 aromatic heterocycles. The number of pyridine rings is 2. The van der Waals surface area contributed by atoms with Gasteiger partial charge in [0.1, 0.15) is 22.8 Å². The van der Waals surface area contributed by atoms with Gasteiger partial charge in [-0.05, 0) is 36.4 Å². The number of aromatic nitrogens is 4. The molecule has 150 valence electrons. The topological polar surface area (TPSA) is 205 Å². The van der Waals surface area contributed by atoms with Crippen molar-refractivity contribution in [3.63, 3.8) is 0 Å². The van der Waals surface area contributed by atoms with Crippen LogP contribution in [0.15, 0.2) is 81.3 Å². The minimum Gasteiger partial charge on any atom is -0.380 e. The molecule has 30 heavy (non-hydrogen) atoms. The molecule has 12 heteroatoms. The third-order valence-corrected chi connectivity index (χ3v) is 3.57. The molecule has 0 atom stereocenters. The largest absolute Gasteiger partial charge is 0.380 e. The van der Waals surface area contributed by atoms with Crippen LogP contribution < -0.4 is 22.9 Å². The van der Waals surface area contributed by atoms with E-state index >= 15 is 0 Å². The van der Waals surface area contributed by atoms with Gasteiger partial charge in [0.2, 0.25) is 0 Å². The monoisotopic (exact) mass is 402 g/mol. The number of rotatable bonds is 6. The Hall–Kier alpha value is -4.74. The Kier molecular flexibility index (Phi) is 6.30. The number of nitrogens with two attached hydrogens (primary N) is 4. The second kappa shape index (κ2) is 9.45. The Morgan fingerprint density at radius 1 is 0.500 bits per heavy atom. The lowest BCUT2D eigenvalue weighted by Crippen LogP contribution is -2.21. The molecule has 0 aliphatic carbocycles. The summed E-state index contributed by atoms with van der Waals surface area (Å²) in [5, 5.41) is 23.3. The molecule has 0 fully saturated rings. The fraction of sp³-hybridized carbons (Fsp3) is 0. The summed E-state index contributed by atoms with van der Waals surface area (Å²) in [7, 11) is 0. The maximum atomic E-state index is 5.87. The summed E-state index contributed by atoms with van der Waals surface area (Å²) in [5.41, 5.74) is 24.9. The summed E-state index contributed by atoms with van der Waals surface area (Å²) in [6.45, 7) is 0. The van der Waals surface area contributed by atoms with Crippen molar-refractivity contribution < 1.29 is 0 Å². The highest BCUT2D eigenvalue weighted by Gasteiger charge is 2.06. The first-order valence-corrected chi connectivity index (χ1v) is 8.55. The van der Waals surface area contributed by atoms with Gasteiger partial charge in [0.25, 0.3) is 0 Å². The first-order valence-electron chi connectivity index (χ1n) is 8.55. The average molecular weight is 402 g/mol. The van der Waals surface area contributed by atoms with Crippen molar-refractivity contribution in [1.29, 1.82) is 0 Å². The molecule has 0 aliphatic heterocycles. The van der Waals surface area contributed by atoms with Gasteiger partial charge >= 0.3 is 0 Å². The third kappa shape index (κ3) is 5.16. The van der Waals surface area contributed by atoms with Crippen LogP contribution in [0.4, 0.5) is 0 Å². The lowest BCUT2D eigenvalue weighted by atomic mass is 10.3. The summed E-state index contributed by atoms with van der Waals surface area (Å²) in [6, 6.07) is 13.6. The van der Waals surface area contributed by atoms with Gasteiger partial charge in [-0.2, -0.15) is 0 Å². The highest BCUT2D eigenvalue weighted by Crippen LogP contribution is 2.00. The quantitative estimate of drug-likeness (QED) is 0.235. The molecule has 3 aromatic rings. The van der Waals surface area contributed by atoms with E-state index in [1.165, 1.54) is 0 Å². The van der Waals surface area contributed by atoms with Crippen LogP contribution in [0.1, 0.15) is 22.8 Å². The second-order valence-electron chi connectivity index (χ2n) is 5.67. The minimum atomic E-state index is 0.0147. The van der Waals surface area contributed by atoms with Gasteiger partial charge in [0, 0.05) is 12.4 Å². The second-order valence-corrected chi connectivity index (χ2v) is 5.67. The van der Waals surface area contributed by atoms with Crippen LogP contribution in [0.3, 0.4) is 0 Å². The standard InChI is InChI=1S/C18H18N12/c19-15(11-5-1-3-9-23-11)27-29-17(21)13-7-8-14(26-25-13)18(22)30-28-16(20)12-6-2-4-10-24-12/h1-10H,(H2,19,27)(H2,20,28)(H2,21,29)(H2,22,30). The van der Waals surface area contributed by atoms with Gasteiger partial charge in [-0.25, -0.2) is 0 Å². The SMILES string of the molecule is N/C(=N\N=C(/N)c1ccc(/C(N)=N/N=C(\N)c2ccccn2)nn1)c1ccccn1. The van der Waals surface area contributed by atoms with Gasteiger partial charge in [0.05, 0.1) is 0 Å². The molecule has 0 amide bonds. The zero-order valence-electron chi connectivity index (χ0n) is 15.7. The Morgan fingerprint density at radius 2 is 0.867 bits per heavy atom. The molecule has 3 rings (SSSR count). The lowest BCUT2D eigenvalue weighted by Gasteiger charge is -2.01. The molecular formula is C18H18N12. The van der Waals surface area contributed by atoms with Crippen LogP contribution in [-0.4, -0.2) is 43.5 Å². The predicted molar refractivity (Wildman–Crippen MR) is 113 cm³/mol. The van der Waals surface area contributed by atoms with Gasteiger partial charge in [-0.1, -0.05) is 12.1 Å². The van der Waals surface area contributed by atoms with Gasteiger partial charge in [0.15, 0.2) is 23.3 Å². The summed E-state index contributed by atoms with van der Waals surface area (Å²) in [6.07, 6.45) is 3.18. The van der Waals surface area contributed by atoms with E-state index in [1.54, 1.807) is 60.9 Å². The molecule has 0 aromatic carbocycles. The predicted octanol–water partition coefficient (Wildman–Crippen LogP) is -0.682. The molecule has 0 bridgehead atoms. The fourth-order valence-electron chi connectivity index (χ4n) is 2.05. The summed E-state index contributed by atoms with van der Waals surface area (Å²) in [4.78, 5) is 8.13. The Balaban J connectivity index is 1.72. The molecule has 0 spiro atoms. The van der Waals surface area contributed by atoms with Crippen LogP contribution in [0.2, 0.25) is 0 Å². The lowest BCUT2D eigenvalue weighted by molar-refractivity contribution is 0.989. The Labute approximate surface area is 171 Å². The first kappa shape index (κ1) is 20.0.